The van der Waals surface area contributed by atoms with Gasteiger partial charge in [-0.05, 0) is 31.2 Å². The van der Waals surface area contributed by atoms with Crippen molar-refractivity contribution >= 4 is 11.5 Å². The molecule has 0 bridgehead atoms. The molecule has 0 amide bonds. The number of nitrogen functional groups attached to an aromatic ring is 1. The normalized spacial score (nSPS) is 10.9. The summed E-state index contributed by atoms with van der Waals surface area (Å²) in [6.07, 6.45) is 0. The van der Waals surface area contributed by atoms with Crippen molar-refractivity contribution in [1.29, 1.82) is 0 Å². The van der Waals surface area contributed by atoms with Gasteiger partial charge in [-0.15, -0.1) is 0 Å². The lowest BCUT2D eigenvalue weighted by atomic mass is 10.1. The summed E-state index contributed by atoms with van der Waals surface area (Å²) in [4.78, 5) is 10.7. The molecule has 1 aromatic carbocycles. The average Bonchev–Trinajstić information content (AvgIpc) is 2.78. The van der Waals surface area contributed by atoms with Crippen molar-refractivity contribution in [3.05, 3.63) is 40.1 Å². The van der Waals surface area contributed by atoms with E-state index in [1.807, 2.05) is 20.8 Å². The molecule has 0 unspecified atom stereocenters. The largest absolute Gasteiger partial charge is 0.494 e. The van der Waals surface area contributed by atoms with E-state index in [2.05, 4.69) is 5.10 Å². The van der Waals surface area contributed by atoms with Gasteiger partial charge in [0.15, 0.2) is 0 Å². The van der Waals surface area contributed by atoms with Gasteiger partial charge in [-0.3, -0.25) is 10.1 Å². The Bertz CT molecular complexity index is 647. The second-order valence-corrected chi connectivity index (χ2v) is 4.87. The maximum atomic E-state index is 11.2. The number of benzene rings is 1. The van der Waals surface area contributed by atoms with Crippen LogP contribution in [0.2, 0.25) is 0 Å². The van der Waals surface area contributed by atoms with Crippen molar-refractivity contribution in [3.63, 3.8) is 0 Å². The first kappa shape index (κ1) is 14.8. The summed E-state index contributed by atoms with van der Waals surface area (Å²) < 4.78 is 6.76. The Morgan fingerprint density at radius 3 is 2.43 bits per heavy atom. The highest BCUT2D eigenvalue weighted by Gasteiger charge is 2.28. The molecule has 2 aromatic rings. The van der Waals surface area contributed by atoms with Crippen LogP contribution in [0.5, 0.6) is 5.75 Å². The van der Waals surface area contributed by atoms with Gasteiger partial charge in [0.2, 0.25) is 5.82 Å². The number of nitrogens with two attached hydrogens (primary N) is 1. The summed E-state index contributed by atoms with van der Waals surface area (Å²) in [6.45, 7) is 6.17. The van der Waals surface area contributed by atoms with Gasteiger partial charge in [-0.2, -0.15) is 5.10 Å². The van der Waals surface area contributed by atoms with Crippen LogP contribution in [-0.4, -0.2) is 21.3 Å². The quantitative estimate of drug-likeness (QED) is 0.674. The second-order valence-electron chi connectivity index (χ2n) is 4.87. The van der Waals surface area contributed by atoms with Gasteiger partial charge < -0.3 is 10.5 Å². The molecule has 0 fully saturated rings. The average molecular weight is 290 g/mol. The Labute approximate surface area is 122 Å². The van der Waals surface area contributed by atoms with Crippen LogP contribution in [0.3, 0.4) is 0 Å². The first-order chi connectivity index (χ1) is 9.95. The highest BCUT2D eigenvalue weighted by molar-refractivity contribution is 5.61. The molecule has 0 aliphatic rings. The van der Waals surface area contributed by atoms with E-state index in [1.54, 1.807) is 24.3 Å². The maximum Gasteiger partial charge on any atom is 0.334 e. The molecule has 0 aliphatic carbocycles. The minimum Gasteiger partial charge on any atom is -0.494 e. The molecule has 0 atom stereocenters. The summed E-state index contributed by atoms with van der Waals surface area (Å²) in [5.41, 5.74) is 6.81. The third-order valence-electron chi connectivity index (χ3n) is 3.04. The number of nitrogens with zero attached hydrogens (tertiary/aromatic N) is 3. The van der Waals surface area contributed by atoms with Crippen LogP contribution in [0.15, 0.2) is 24.3 Å². The van der Waals surface area contributed by atoms with Crippen molar-refractivity contribution in [2.45, 2.75) is 26.7 Å². The zero-order chi connectivity index (χ0) is 15.6. The van der Waals surface area contributed by atoms with Crippen LogP contribution in [0, 0.1) is 10.1 Å². The molecule has 1 aromatic heterocycles. The number of nitro groups is 1. The predicted octanol–water partition coefficient (Wildman–Crippen LogP) is 2.88. The van der Waals surface area contributed by atoms with E-state index in [1.165, 1.54) is 4.68 Å². The summed E-state index contributed by atoms with van der Waals surface area (Å²) >= 11 is 0. The van der Waals surface area contributed by atoms with Crippen LogP contribution < -0.4 is 10.5 Å². The lowest BCUT2D eigenvalue weighted by molar-refractivity contribution is -0.384. The van der Waals surface area contributed by atoms with E-state index in [9.17, 15) is 10.1 Å². The Kier molecular flexibility index (Phi) is 4.11. The number of anilines is 1. The molecular weight excluding hydrogens is 272 g/mol. The fourth-order valence-electron chi connectivity index (χ4n) is 2.06. The lowest BCUT2D eigenvalue weighted by Crippen LogP contribution is -2.03. The number of hydrogen-bond acceptors (Lipinski definition) is 5. The second kappa shape index (κ2) is 5.82. The minimum absolute atomic E-state index is 0.0351. The van der Waals surface area contributed by atoms with Crippen LogP contribution in [-0.2, 0) is 0 Å². The molecule has 7 heteroatoms. The first-order valence-electron chi connectivity index (χ1n) is 6.71. The number of ether oxygens (including phenoxy) is 1. The van der Waals surface area contributed by atoms with Gasteiger partial charge >= 0.3 is 5.69 Å². The van der Waals surface area contributed by atoms with Gasteiger partial charge in [-0.25, -0.2) is 4.68 Å². The molecule has 2 N–H and O–H groups in total. The van der Waals surface area contributed by atoms with Gasteiger partial charge in [0.25, 0.3) is 0 Å². The monoisotopic (exact) mass is 290 g/mol. The van der Waals surface area contributed by atoms with Crippen LogP contribution >= 0.6 is 0 Å². The summed E-state index contributed by atoms with van der Waals surface area (Å²) in [7, 11) is 0. The Morgan fingerprint density at radius 1 is 1.38 bits per heavy atom. The number of hydrogen-bond donors (Lipinski definition) is 1. The fourth-order valence-corrected chi connectivity index (χ4v) is 2.06. The third kappa shape index (κ3) is 2.81. The van der Waals surface area contributed by atoms with Crippen LogP contribution in [0.25, 0.3) is 5.69 Å². The molecular formula is C14H18N4O3. The summed E-state index contributed by atoms with van der Waals surface area (Å²) in [6, 6.07) is 7.09. The molecule has 7 nitrogen and oxygen atoms in total. The van der Waals surface area contributed by atoms with Crippen LogP contribution in [0.1, 0.15) is 32.4 Å². The van der Waals surface area contributed by atoms with Gasteiger partial charge in [0.1, 0.15) is 11.4 Å². The van der Waals surface area contributed by atoms with Crippen molar-refractivity contribution in [3.8, 4) is 11.4 Å². The molecule has 1 heterocycles. The Balaban J connectivity index is 2.49. The van der Waals surface area contributed by atoms with E-state index >= 15 is 0 Å². The molecule has 112 valence electrons. The summed E-state index contributed by atoms with van der Waals surface area (Å²) in [5, 5.41) is 15.5. The van der Waals surface area contributed by atoms with Gasteiger partial charge in [0, 0.05) is 5.92 Å². The third-order valence-corrected chi connectivity index (χ3v) is 3.04. The first-order valence-corrected chi connectivity index (χ1v) is 6.71. The van der Waals surface area contributed by atoms with Gasteiger partial charge in [-0.1, -0.05) is 13.8 Å². The zero-order valence-corrected chi connectivity index (χ0v) is 12.2. The van der Waals surface area contributed by atoms with Crippen molar-refractivity contribution in [1.82, 2.24) is 9.78 Å². The highest BCUT2D eigenvalue weighted by Crippen LogP contribution is 2.33. The molecule has 21 heavy (non-hydrogen) atoms. The standard InChI is InChI=1S/C14H18N4O3/c1-4-21-11-7-5-10(6-8-11)17-14(15)13(18(19)20)12(16-17)9(2)3/h5-9H,4,15H2,1-3H3. The SMILES string of the molecule is CCOc1ccc(-n2nc(C(C)C)c([N+](=O)[O-])c2N)cc1. The minimum atomic E-state index is -0.483. The molecule has 2 rings (SSSR count). The summed E-state index contributed by atoms with van der Waals surface area (Å²) in [5.74, 6) is 0.676. The molecule has 0 radical (unpaired) electrons. The fraction of sp³-hybridized carbons (Fsp3) is 0.357. The molecule has 0 saturated heterocycles. The van der Waals surface area contributed by atoms with Crippen molar-refractivity contribution in [2.75, 3.05) is 12.3 Å². The molecule has 0 spiro atoms. The Hall–Kier alpha value is -2.57. The van der Waals surface area contributed by atoms with E-state index in [0.29, 0.717) is 18.0 Å². The molecule has 0 aliphatic heterocycles. The number of rotatable bonds is 5. The van der Waals surface area contributed by atoms with E-state index in [-0.39, 0.29) is 17.4 Å². The van der Waals surface area contributed by atoms with E-state index < -0.39 is 4.92 Å². The van der Waals surface area contributed by atoms with Gasteiger partial charge in [0.05, 0.1) is 17.2 Å². The maximum absolute atomic E-state index is 11.2. The van der Waals surface area contributed by atoms with E-state index in [0.717, 1.165) is 5.75 Å². The highest BCUT2D eigenvalue weighted by atomic mass is 16.6. The number of aromatic nitrogens is 2. The van der Waals surface area contributed by atoms with Crippen molar-refractivity contribution in [2.24, 2.45) is 0 Å². The van der Waals surface area contributed by atoms with Crippen molar-refractivity contribution < 1.29 is 9.66 Å². The smallest absolute Gasteiger partial charge is 0.334 e. The van der Waals surface area contributed by atoms with Crippen LogP contribution in [0.4, 0.5) is 11.5 Å². The Morgan fingerprint density at radius 2 is 2.00 bits per heavy atom. The zero-order valence-electron chi connectivity index (χ0n) is 12.2. The lowest BCUT2D eigenvalue weighted by Gasteiger charge is -2.06. The van der Waals surface area contributed by atoms with E-state index in [4.69, 9.17) is 10.5 Å². The topological polar surface area (TPSA) is 96.2 Å². The molecule has 0 saturated carbocycles. The predicted molar refractivity (Wildman–Crippen MR) is 79.9 cm³/mol.